The first kappa shape index (κ1) is 23.2. The number of ether oxygens (including phenoxy) is 2. The standard InChI is InChI=1S/C22H24Cl2N2O5/c23-16-1-5-18(6-2-16)30-10-9-20(22(28)29)26-12-15(13-26)11-25-21(27)14-31-19-7-3-17(24)4-8-19/h1-8,15,20H,9-14H2,(H,25,27)(H,28,29). The molecule has 1 aliphatic rings. The predicted molar refractivity (Wildman–Crippen MR) is 118 cm³/mol. The predicted octanol–water partition coefficient (Wildman–Crippen LogP) is 3.34. The van der Waals surface area contributed by atoms with E-state index in [1.807, 2.05) is 4.90 Å². The van der Waals surface area contributed by atoms with E-state index in [1.165, 1.54) is 0 Å². The van der Waals surface area contributed by atoms with Crippen molar-refractivity contribution < 1.29 is 24.2 Å². The number of likely N-dealkylation sites (tertiary alicyclic amines) is 1. The molecular formula is C22H24Cl2N2O5. The molecule has 1 heterocycles. The zero-order chi connectivity index (χ0) is 22.2. The highest BCUT2D eigenvalue weighted by Crippen LogP contribution is 2.21. The Kier molecular flexibility index (Phi) is 8.40. The third kappa shape index (κ3) is 7.31. The Morgan fingerprint density at radius 3 is 2.10 bits per heavy atom. The van der Waals surface area contributed by atoms with Gasteiger partial charge in [0.05, 0.1) is 6.61 Å². The zero-order valence-corrected chi connectivity index (χ0v) is 18.3. The fourth-order valence-electron chi connectivity index (χ4n) is 3.26. The van der Waals surface area contributed by atoms with E-state index in [0.717, 1.165) is 0 Å². The molecule has 1 unspecified atom stereocenters. The normalized spacial score (nSPS) is 15.0. The van der Waals surface area contributed by atoms with Crippen molar-refractivity contribution >= 4 is 35.1 Å². The minimum Gasteiger partial charge on any atom is -0.494 e. The number of nitrogens with zero attached hydrogens (tertiary/aromatic N) is 1. The molecule has 7 nitrogen and oxygen atoms in total. The van der Waals surface area contributed by atoms with E-state index in [-0.39, 0.29) is 18.4 Å². The summed E-state index contributed by atoms with van der Waals surface area (Å²) in [7, 11) is 0. The third-order valence-corrected chi connectivity index (χ3v) is 5.46. The summed E-state index contributed by atoms with van der Waals surface area (Å²) in [4.78, 5) is 25.5. The number of hydrogen-bond donors (Lipinski definition) is 2. The van der Waals surface area contributed by atoms with Gasteiger partial charge in [0.25, 0.3) is 5.91 Å². The van der Waals surface area contributed by atoms with E-state index in [0.29, 0.717) is 54.2 Å². The number of hydrogen-bond acceptors (Lipinski definition) is 5. The van der Waals surface area contributed by atoms with Crippen molar-refractivity contribution in [3.05, 3.63) is 58.6 Å². The average molecular weight is 467 g/mol. The highest BCUT2D eigenvalue weighted by Gasteiger charge is 2.36. The first-order valence-electron chi connectivity index (χ1n) is 9.91. The largest absolute Gasteiger partial charge is 0.494 e. The van der Waals surface area contributed by atoms with Crippen molar-refractivity contribution in [2.75, 3.05) is 32.8 Å². The number of rotatable bonds is 11. The lowest BCUT2D eigenvalue weighted by molar-refractivity contribution is -0.147. The summed E-state index contributed by atoms with van der Waals surface area (Å²) in [6, 6.07) is 13.1. The van der Waals surface area contributed by atoms with E-state index in [4.69, 9.17) is 32.7 Å². The molecule has 31 heavy (non-hydrogen) atoms. The highest BCUT2D eigenvalue weighted by molar-refractivity contribution is 6.30. The molecule has 1 fully saturated rings. The van der Waals surface area contributed by atoms with E-state index >= 15 is 0 Å². The lowest BCUT2D eigenvalue weighted by Crippen LogP contribution is -2.58. The van der Waals surface area contributed by atoms with Crippen molar-refractivity contribution in [3.63, 3.8) is 0 Å². The molecule has 1 aliphatic heterocycles. The minimum absolute atomic E-state index is 0.0855. The molecule has 0 saturated carbocycles. The van der Waals surface area contributed by atoms with Gasteiger partial charge >= 0.3 is 5.97 Å². The molecule has 2 aromatic carbocycles. The highest BCUT2D eigenvalue weighted by atomic mass is 35.5. The van der Waals surface area contributed by atoms with Gasteiger partial charge in [0, 0.05) is 42.0 Å². The van der Waals surface area contributed by atoms with Gasteiger partial charge in [-0.3, -0.25) is 14.5 Å². The summed E-state index contributed by atoms with van der Waals surface area (Å²) in [5, 5.41) is 13.6. The van der Waals surface area contributed by atoms with Gasteiger partial charge in [-0.15, -0.1) is 0 Å². The van der Waals surface area contributed by atoms with Crippen LogP contribution >= 0.6 is 23.2 Å². The molecule has 0 spiro atoms. The number of carboxylic acids is 1. The Labute approximate surface area is 190 Å². The Hall–Kier alpha value is -2.48. The van der Waals surface area contributed by atoms with Crippen molar-refractivity contribution in [2.45, 2.75) is 12.5 Å². The molecule has 0 bridgehead atoms. The molecule has 0 aromatic heterocycles. The summed E-state index contributed by atoms with van der Waals surface area (Å²) in [6.45, 7) is 1.90. The molecule has 166 valence electrons. The Morgan fingerprint density at radius 1 is 1.00 bits per heavy atom. The minimum atomic E-state index is -0.876. The molecule has 0 aliphatic carbocycles. The van der Waals surface area contributed by atoms with Crippen LogP contribution in [-0.2, 0) is 9.59 Å². The SMILES string of the molecule is O=C(COc1ccc(Cl)cc1)NCC1CN(C(CCOc2ccc(Cl)cc2)C(=O)O)C1. The van der Waals surface area contributed by atoms with E-state index in [1.54, 1.807) is 48.5 Å². The van der Waals surface area contributed by atoms with Gasteiger partial charge in [-0.2, -0.15) is 0 Å². The lowest BCUT2D eigenvalue weighted by atomic mass is 9.96. The van der Waals surface area contributed by atoms with Gasteiger partial charge in [-0.1, -0.05) is 23.2 Å². The second kappa shape index (κ2) is 11.2. The van der Waals surface area contributed by atoms with Crippen LogP contribution in [-0.4, -0.2) is 60.8 Å². The molecule has 2 N–H and O–H groups in total. The van der Waals surface area contributed by atoms with Crippen molar-refractivity contribution in [2.24, 2.45) is 5.92 Å². The Morgan fingerprint density at radius 2 is 1.55 bits per heavy atom. The van der Waals surface area contributed by atoms with Crippen LogP contribution in [0.2, 0.25) is 10.0 Å². The van der Waals surface area contributed by atoms with Gasteiger partial charge in [0.1, 0.15) is 17.5 Å². The maximum Gasteiger partial charge on any atom is 0.321 e. The lowest BCUT2D eigenvalue weighted by Gasteiger charge is -2.42. The Bertz CT molecular complexity index is 870. The van der Waals surface area contributed by atoms with Crippen LogP contribution in [0.3, 0.4) is 0 Å². The van der Waals surface area contributed by atoms with Crippen LogP contribution < -0.4 is 14.8 Å². The van der Waals surface area contributed by atoms with Gasteiger partial charge in [0.15, 0.2) is 6.61 Å². The number of nitrogens with one attached hydrogen (secondary N) is 1. The topological polar surface area (TPSA) is 88.1 Å². The number of amides is 1. The maximum absolute atomic E-state index is 12.0. The van der Waals surface area contributed by atoms with Crippen LogP contribution in [0.4, 0.5) is 0 Å². The molecule has 1 amide bonds. The molecule has 0 radical (unpaired) electrons. The molecule has 2 aromatic rings. The van der Waals surface area contributed by atoms with Crippen LogP contribution in [0.15, 0.2) is 48.5 Å². The van der Waals surface area contributed by atoms with E-state index in [2.05, 4.69) is 5.32 Å². The number of benzene rings is 2. The summed E-state index contributed by atoms with van der Waals surface area (Å²) in [5.74, 6) is 0.328. The molecular weight excluding hydrogens is 443 g/mol. The molecule has 1 saturated heterocycles. The van der Waals surface area contributed by atoms with E-state index in [9.17, 15) is 14.7 Å². The first-order valence-corrected chi connectivity index (χ1v) is 10.7. The van der Waals surface area contributed by atoms with Crippen molar-refractivity contribution in [1.82, 2.24) is 10.2 Å². The van der Waals surface area contributed by atoms with Gasteiger partial charge in [-0.25, -0.2) is 0 Å². The van der Waals surface area contributed by atoms with Crippen LogP contribution in [0.25, 0.3) is 0 Å². The van der Waals surface area contributed by atoms with Gasteiger partial charge < -0.3 is 19.9 Å². The number of halogens is 2. The third-order valence-electron chi connectivity index (χ3n) is 4.96. The number of carbonyl (C=O) groups excluding carboxylic acids is 1. The van der Waals surface area contributed by atoms with Gasteiger partial charge in [0.2, 0.25) is 0 Å². The van der Waals surface area contributed by atoms with Crippen molar-refractivity contribution in [3.8, 4) is 11.5 Å². The molecule has 9 heteroatoms. The Balaban J connectivity index is 1.33. The smallest absolute Gasteiger partial charge is 0.321 e. The fraction of sp³-hybridized carbons (Fsp3) is 0.364. The average Bonchev–Trinajstić information content (AvgIpc) is 2.72. The second-order valence-corrected chi connectivity index (χ2v) is 8.18. The van der Waals surface area contributed by atoms with Crippen LogP contribution in [0.1, 0.15) is 6.42 Å². The zero-order valence-electron chi connectivity index (χ0n) is 16.8. The summed E-state index contributed by atoms with van der Waals surface area (Å²) in [5.41, 5.74) is 0. The maximum atomic E-state index is 12.0. The summed E-state index contributed by atoms with van der Waals surface area (Å²) >= 11 is 11.6. The summed E-state index contributed by atoms with van der Waals surface area (Å²) in [6.07, 6.45) is 0.367. The molecule has 1 atom stereocenters. The van der Waals surface area contributed by atoms with Crippen LogP contribution in [0.5, 0.6) is 11.5 Å². The number of carbonyl (C=O) groups is 2. The quantitative estimate of drug-likeness (QED) is 0.527. The van der Waals surface area contributed by atoms with Crippen LogP contribution in [0, 0.1) is 5.92 Å². The fourth-order valence-corrected chi connectivity index (χ4v) is 3.52. The van der Waals surface area contributed by atoms with Crippen molar-refractivity contribution in [1.29, 1.82) is 0 Å². The second-order valence-electron chi connectivity index (χ2n) is 7.31. The summed E-state index contributed by atoms with van der Waals surface area (Å²) < 4.78 is 11.0. The number of aliphatic carboxylic acids is 1. The molecule has 3 rings (SSSR count). The van der Waals surface area contributed by atoms with Gasteiger partial charge in [-0.05, 0) is 48.5 Å². The first-order chi connectivity index (χ1) is 14.9. The monoisotopic (exact) mass is 466 g/mol. The van der Waals surface area contributed by atoms with E-state index < -0.39 is 12.0 Å². The number of carboxylic acid groups (broad SMARTS) is 1.